The van der Waals surface area contributed by atoms with Gasteiger partial charge in [0, 0.05) is 57.1 Å². The molecule has 4 heterocycles. The maximum Gasteiger partial charge on any atom is 0.228 e. The molecule has 1 aromatic heterocycles. The van der Waals surface area contributed by atoms with Gasteiger partial charge in [-0.25, -0.2) is 12.7 Å². The van der Waals surface area contributed by atoms with Gasteiger partial charge < -0.3 is 5.32 Å². The van der Waals surface area contributed by atoms with Gasteiger partial charge in [-0.1, -0.05) is 6.07 Å². The molecular formula is C19H28N4O3S. The molecule has 3 fully saturated rings. The van der Waals surface area contributed by atoms with Crippen LogP contribution in [-0.4, -0.2) is 67.0 Å². The summed E-state index contributed by atoms with van der Waals surface area (Å²) in [6, 6.07) is 4.00. The molecule has 0 saturated carbocycles. The molecule has 1 atom stereocenters. The van der Waals surface area contributed by atoms with Gasteiger partial charge in [-0.3, -0.25) is 14.7 Å². The van der Waals surface area contributed by atoms with Crippen LogP contribution in [0.3, 0.4) is 0 Å². The number of hydrogen-bond donors (Lipinski definition) is 1. The number of hydrogen-bond acceptors (Lipinski definition) is 5. The third-order valence-corrected chi connectivity index (χ3v) is 8.76. The van der Waals surface area contributed by atoms with Crippen LogP contribution < -0.4 is 5.32 Å². The van der Waals surface area contributed by atoms with Crippen molar-refractivity contribution < 1.29 is 13.2 Å². The van der Waals surface area contributed by atoms with Crippen molar-refractivity contribution in [2.45, 2.75) is 32.7 Å². The van der Waals surface area contributed by atoms with Crippen molar-refractivity contribution in [3.8, 4) is 0 Å². The molecule has 3 aliphatic heterocycles. The van der Waals surface area contributed by atoms with Crippen molar-refractivity contribution in [2.75, 3.05) is 38.5 Å². The Hall–Kier alpha value is -1.51. The molecule has 4 rings (SSSR count). The molecule has 148 valence electrons. The molecule has 0 bridgehead atoms. The first-order valence-corrected chi connectivity index (χ1v) is 11.4. The van der Waals surface area contributed by atoms with Crippen LogP contribution in [-0.2, 0) is 21.4 Å². The minimum Gasteiger partial charge on any atom is -0.356 e. The van der Waals surface area contributed by atoms with E-state index in [4.69, 9.17) is 0 Å². The number of likely N-dealkylation sites (tertiary alicyclic amines) is 1. The fourth-order valence-corrected chi connectivity index (χ4v) is 6.49. The van der Waals surface area contributed by atoms with Gasteiger partial charge in [0.1, 0.15) is 0 Å². The predicted octanol–water partition coefficient (Wildman–Crippen LogP) is 0.835. The van der Waals surface area contributed by atoms with Gasteiger partial charge in [0.05, 0.1) is 11.2 Å². The van der Waals surface area contributed by atoms with E-state index in [1.54, 1.807) is 17.4 Å². The second kappa shape index (κ2) is 6.83. The number of pyridine rings is 1. The Balaban J connectivity index is 1.58. The summed E-state index contributed by atoms with van der Waals surface area (Å²) in [5.74, 6) is 0.293. The first-order chi connectivity index (χ1) is 12.9. The number of carbonyl (C=O) groups excluding carboxylic acids is 1. The second-order valence-corrected chi connectivity index (χ2v) is 10.4. The Morgan fingerprint density at radius 2 is 2.00 bits per heavy atom. The van der Waals surface area contributed by atoms with Crippen LogP contribution in [0.4, 0.5) is 0 Å². The molecule has 7 nitrogen and oxygen atoms in total. The van der Waals surface area contributed by atoms with E-state index in [1.165, 1.54) is 0 Å². The highest BCUT2D eigenvalue weighted by atomic mass is 32.2. The average Bonchev–Trinajstić information content (AvgIpc) is 3.18. The summed E-state index contributed by atoms with van der Waals surface area (Å²) >= 11 is 0. The summed E-state index contributed by atoms with van der Waals surface area (Å²) < 4.78 is 26.2. The Morgan fingerprint density at radius 3 is 2.59 bits per heavy atom. The Bertz CT molecular complexity index is 806. The number of fused-ring (bicyclic) bond motifs is 1. The first kappa shape index (κ1) is 18.8. The highest BCUT2D eigenvalue weighted by Crippen LogP contribution is 2.56. The summed E-state index contributed by atoms with van der Waals surface area (Å²) in [5.41, 5.74) is 0.612. The number of carbonyl (C=O) groups is 1. The van der Waals surface area contributed by atoms with E-state index >= 15 is 0 Å². The highest BCUT2D eigenvalue weighted by Gasteiger charge is 2.63. The lowest BCUT2D eigenvalue weighted by atomic mass is 9.60. The van der Waals surface area contributed by atoms with Crippen molar-refractivity contribution in [1.82, 2.24) is 19.5 Å². The van der Waals surface area contributed by atoms with E-state index in [9.17, 15) is 13.2 Å². The summed E-state index contributed by atoms with van der Waals surface area (Å²) in [7, 11) is -3.17. The topological polar surface area (TPSA) is 82.6 Å². The van der Waals surface area contributed by atoms with E-state index in [0.717, 1.165) is 51.0 Å². The van der Waals surface area contributed by atoms with E-state index in [0.29, 0.717) is 13.1 Å². The Labute approximate surface area is 161 Å². The quantitative estimate of drug-likeness (QED) is 0.821. The zero-order chi connectivity index (χ0) is 19.1. The fourth-order valence-electron chi connectivity index (χ4n) is 5.39. The molecule has 1 N–H and O–H groups in total. The highest BCUT2D eigenvalue weighted by molar-refractivity contribution is 7.89. The zero-order valence-corrected chi connectivity index (χ0v) is 16.7. The van der Waals surface area contributed by atoms with Crippen molar-refractivity contribution >= 4 is 15.9 Å². The average molecular weight is 393 g/mol. The minimum absolute atomic E-state index is 0.138. The van der Waals surface area contributed by atoms with Crippen LogP contribution >= 0.6 is 0 Å². The Kier molecular flexibility index (Phi) is 4.76. The number of piperidine rings is 1. The summed E-state index contributed by atoms with van der Waals surface area (Å²) in [6.45, 7) is 5.82. The van der Waals surface area contributed by atoms with Gasteiger partial charge in [0.25, 0.3) is 0 Å². The molecule has 0 aliphatic carbocycles. The van der Waals surface area contributed by atoms with E-state index < -0.39 is 15.4 Å². The van der Waals surface area contributed by atoms with Crippen LogP contribution in [0.5, 0.6) is 0 Å². The predicted molar refractivity (Wildman–Crippen MR) is 102 cm³/mol. The normalized spacial score (nSPS) is 28.9. The van der Waals surface area contributed by atoms with Gasteiger partial charge in [0.15, 0.2) is 0 Å². The summed E-state index contributed by atoms with van der Waals surface area (Å²) in [4.78, 5) is 19.5. The lowest BCUT2D eigenvalue weighted by Gasteiger charge is -2.46. The number of sulfonamides is 1. The molecule has 0 radical (unpaired) electrons. The molecule has 3 aliphatic rings. The van der Waals surface area contributed by atoms with Gasteiger partial charge in [-0.05, 0) is 37.8 Å². The monoisotopic (exact) mass is 392 g/mol. The number of aromatic nitrogens is 1. The molecule has 2 spiro atoms. The standard InChI is InChI=1S/C19H28N4O3S/c1-2-27(25,26)23-10-6-18(7-11-23)14-22(13-16-4-3-8-20-12-16)15-19(18)5-9-21-17(19)24/h3-4,8,12H,2,5-7,9-11,13-15H2,1H3,(H,21,24). The van der Waals surface area contributed by atoms with Crippen LogP contribution in [0.1, 0.15) is 31.7 Å². The molecular weight excluding hydrogens is 364 g/mol. The lowest BCUT2D eigenvalue weighted by molar-refractivity contribution is -0.133. The SMILES string of the molecule is CCS(=O)(=O)N1CCC2(CC1)CN(Cc1cccnc1)CC21CCNC1=O. The Morgan fingerprint density at radius 1 is 1.22 bits per heavy atom. The van der Waals surface area contributed by atoms with Gasteiger partial charge in [-0.15, -0.1) is 0 Å². The molecule has 8 heteroatoms. The maximum atomic E-state index is 12.9. The van der Waals surface area contributed by atoms with E-state index in [-0.39, 0.29) is 17.1 Å². The van der Waals surface area contributed by atoms with Crippen molar-refractivity contribution in [1.29, 1.82) is 0 Å². The van der Waals surface area contributed by atoms with Gasteiger partial charge in [-0.2, -0.15) is 0 Å². The fraction of sp³-hybridized carbons (Fsp3) is 0.684. The zero-order valence-electron chi connectivity index (χ0n) is 15.9. The van der Waals surface area contributed by atoms with E-state index in [2.05, 4.69) is 21.3 Å². The lowest BCUT2D eigenvalue weighted by Crippen LogP contribution is -2.53. The molecule has 27 heavy (non-hydrogen) atoms. The van der Waals surface area contributed by atoms with Crippen LogP contribution in [0, 0.1) is 10.8 Å². The van der Waals surface area contributed by atoms with E-state index in [1.807, 2.05) is 12.3 Å². The second-order valence-electron chi connectivity index (χ2n) is 8.17. The van der Waals surface area contributed by atoms with Crippen molar-refractivity contribution in [3.63, 3.8) is 0 Å². The number of nitrogens with zero attached hydrogens (tertiary/aromatic N) is 3. The van der Waals surface area contributed by atoms with Crippen molar-refractivity contribution in [3.05, 3.63) is 30.1 Å². The minimum atomic E-state index is -3.17. The summed E-state index contributed by atoms with van der Waals surface area (Å²) in [6.07, 6.45) is 6.00. The van der Waals surface area contributed by atoms with Crippen molar-refractivity contribution in [2.24, 2.45) is 10.8 Å². The number of rotatable bonds is 4. The number of nitrogens with one attached hydrogen (secondary N) is 1. The molecule has 1 aromatic rings. The van der Waals surface area contributed by atoms with Gasteiger partial charge in [0.2, 0.25) is 15.9 Å². The van der Waals surface area contributed by atoms with Crippen LogP contribution in [0.25, 0.3) is 0 Å². The smallest absolute Gasteiger partial charge is 0.228 e. The first-order valence-electron chi connectivity index (χ1n) is 9.78. The molecule has 1 unspecified atom stereocenters. The number of amides is 1. The molecule has 3 saturated heterocycles. The van der Waals surface area contributed by atoms with Gasteiger partial charge >= 0.3 is 0 Å². The third kappa shape index (κ3) is 3.07. The molecule has 0 aromatic carbocycles. The molecule has 1 amide bonds. The van der Waals surface area contributed by atoms with Crippen LogP contribution in [0.15, 0.2) is 24.5 Å². The maximum absolute atomic E-state index is 12.9. The summed E-state index contributed by atoms with van der Waals surface area (Å²) in [5, 5.41) is 3.05. The largest absolute Gasteiger partial charge is 0.356 e. The van der Waals surface area contributed by atoms with Crippen LogP contribution in [0.2, 0.25) is 0 Å². The third-order valence-electron chi connectivity index (χ3n) is 6.87.